The topological polar surface area (TPSA) is 118 Å². The molecule has 0 bridgehead atoms. The summed E-state index contributed by atoms with van der Waals surface area (Å²) in [6, 6.07) is 7.31. The van der Waals surface area contributed by atoms with Crippen LogP contribution in [0, 0.1) is 17.7 Å². The fraction of sp³-hybridized carbons (Fsp3) is 0.556. The normalized spacial score (nSPS) is 21.7. The Balaban J connectivity index is 0.00000280. The Bertz CT molecular complexity index is 1320. The number of amides is 1. The molecule has 0 radical (unpaired) electrons. The van der Waals surface area contributed by atoms with Crippen molar-refractivity contribution in [1.29, 1.82) is 0 Å². The molecule has 9 nitrogen and oxygen atoms in total. The van der Waals surface area contributed by atoms with Crippen LogP contribution >= 0.6 is 0 Å². The van der Waals surface area contributed by atoms with Gasteiger partial charge in [0.25, 0.3) is 5.91 Å². The number of carbonyl (C=O) groups is 1. The third-order valence-electron chi connectivity index (χ3n) is 6.95. The largest absolute Gasteiger partial charge is 0.493 e. The van der Waals surface area contributed by atoms with Crippen molar-refractivity contribution in [2.24, 2.45) is 17.6 Å². The van der Waals surface area contributed by atoms with E-state index in [1.54, 1.807) is 18.2 Å². The van der Waals surface area contributed by atoms with Crippen molar-refractivity contribution in [3.63, 3.8) is 0 Å². The second kappa shape index (κ2) is 10.8. The van der Waals surface area contributed by atoms with E-state index in [2.05, 4.69) is 25.5 Å². The van der Waals surface area contributed by atoms with E-state index in [9.17, 15) is 17.6 Å². The number of hydrogen-bond acceptors (Lipinski definition) is 7. The molecule has 0 saturated carbocycles. The maximum Gasteiger partial charge on any atom is 0.304 e. The van der Waals surface area contributed by atoms with Crippen LogP contribution < -0.4 is 20.1 Å². The van der Waals surface area contributed by atoms with E-state index in [1.165, 1.54) is 16.4 Å². The Morgan fingerprint density at radius 2 is 2.03 bits per heavy atom. The molecule has 2 atom stereocenters. The highest BCUT2D eigenvalue weighted by molar-refractivity contribution is 7.87. The number of benzene rings is 1. The molecule has 2 aliphatic heterocycles. The lowest BCUT2D eigenvalue weighted by Crippen LogP contribution is -2.44. The Labute approximate surface area is 229 Å². The molecule has 214 valence electrons. The van der Waals surface area contributed by atoms with Gasteiger partial charge in [0, 0.05) is 47.1 Å². The molecule has 2 aliphatic rings. The molecule has 4 rings (SSSR count). The first-order valence-electron chi connectivity index (χ1n) is 13.1. The molecular formula is C27H44FN5O4S. The summed E-state index contributed by atoms with van der Waals surface area (Å²) >= 11 is 0. The lowest BCUT2D eigenvalue weighted by atomic mass is 9.97. The van der Waals surface area contributed by atoms with Crippen molar-refractivity contribution < 1.29 is 26.6 Å². The lowest BCUT2D eigenvalue weighted by molar-refractivity contribution is 0.0979. The van der Waals surface area contributed by atoms with E-state index in [0.29, 0.717) is 48.3 Å². The van der Waals surface area contributed by atoms with Gasteiger partial charge in [-0.3, -0.25) is 4.79 Å². The summed E-state index contributed by atoms with van der Waals surface area (Å²) in [5.41, 5.74) is 6.63. The van der Waals surface area contributed by atoms with Gasteiger partial charge in [-0.15, -0.1) is 0 Å². The van der Waals surface area contributed by atoms with Crippen LogP contribution in [0.15, 0.2) is 30.3 Å². The van der Waals surface area contributed by atoms with E-state index in [0.717, 1.165) is 6.42 Å². The van der Waals surface area contributed by atoms with Gasteiger partial charge < -0.3 is 15.4 Å². The highest BCUT2D eigenvalue weighted by atomic mass is 32.2. The Hall–Kier alpha value is -2.76. The fourth-order valence-corrected chi connectivity index (χ4v) is 6.42. The smallest absolute Gasteiger partial charge is 0.304 e. The van der Waals surface area contributed by atoms with Crippen LogP contribution in [0.25, 0.3) is 11.3 Å². The number of nitrogens with zero attached hydrogens (tertiary/aromatic N) is 3. The number of halogens is 1. The standard InChI is InChI=1S/C27H38FN5O4S.3H2/c1-17(2)16-37-22-11-19(10-20(28)12-22)24-7-6-23(25(30-24)33-14-18(3)13-27(33,4)5)26(34)31-38(35,36)32-9-8-21(29)15-32;;;/h6-7,10-12,17-18,21H,8-9,13-16,29H2,1-5H3,(H,31,34);3*1H/t18-,21+;;;/m0.../s1. The molecular weight excluding hydrogens is 509 g/mol. The minimum absolute atomic E-state index is 0. The molecule has 2 aromatic rings. The number of nitrogens with two attached hydrogens (primary N) is 1. The highest BCUT2D eigenvalue weighted by Crippen LogP contribution is 2.38. The van der Waals surface area contributed by atoms with Crippen LogP contribution in [-0.2, 0) is 10.2 Å². The predicted molar refractivity (Wildman–Crippen MR) is 152 cm³/mol. The maximum atomic E-state index is 14.5. The third kappa shape index (κ3) is 6.27. The van der Waals surface area contributed by atoms with Crippen molar-refractivity contribution in [2.75, 3.05) is 31.1 Å². The first-order chi connectivity index (χ1) is 17.7. The number of carbonyl (C=O) groups excluding carboxylic acids is 1. The van der Waals surface area contributed by atoms with Gasteiger partial charge in [0.05, 0.1) is 17.9 Å². The molecule has 2 fully saturated rings. The molecule has 3 heterocycles. The average Bonchev–Trinajstić information content (AvgIpc) is 3.38. The summed E-state index contributed by atoms with van der Waals surface area (Å²) in [6.45, 7) is 11.8. The summed E-state index contributed by atoms with van der Waals surface area (Å²) in [5, 5.41) is 0. The predicted octanol–water partition coefficient (Wildman–Crippen LogP) is 4.29. The SMILES string of the molecule is CC(C)COc1cc(F)cc(-c2ccc(C(=O)NS(=O)(=O)N3CC[C@@H](N)C3)c(N3C[C@@H](C)CC3(C)C)n2)c1.[HH].[HH].[HH]. The number of rotatable bonds is 8. The van der Waals surface area contributed by atoms with Gasteiger partial charge in [-0.05, 0) is 62.8 Å². The minimum Gasteiger partial charge on any atom is -0.493 e. The van der Waals surface area contributed by atoms with Gasteiger partial charge in [-0.25, -0.2) is 14.1 Å². The number of nitrogens with one attached hydrogen (secondary N) is 1. The molecule has 0 unspecified atom stereocenters. The van der Waals surface area contributed by atoms with Gasteiger partial charge >= 0.3 is 10.2 Å². The van der Waals surface area contributed by atoms with Crippen LogP contribution in [0.1, 0.15) is 62.1 Å². The molecule has 0 spiro atoms. The minimum atomic E-state index is -4.07. The maximum absolute atomic E-state index is 14.5. The molecule has 38 heavy (non-hydrogen) atoms. The molecule has 1 aromatic carbocycles. The van der Waals surface area contributed by atoms with E-state index in [-0.39, 0.29) is 40.4 Å². The second-order valence-electron chi connectivity index (χ2n) is 11.5. The first kappa shape index (κ1) is 28.3. The molecule has 1 aromatic heterocycles. The van der Waals surface area contributed by atoms with Crippen molar-refractivity contribution >= 4 is 21.9 Å². The molecule has 11 heteroatoms. The van der Waals surface area contributed by atoms with E-state index in [1.807, 2.05) is 18.7 Å². The molecule has 1 amide bonds. The Kier molecular flexibility index (Phi) is 8.02. The fourth-order valence-electron chi connectivity index (χ4n) is 5.22. The number of hydrogen-bond donors (Lipinski definition) is 2. The lowest BCUT2D eigenvalue weighted by Gasteiger charge is -2.34. The average molecular weight is 554 g/mol. The van der Waals surface area contributed by atoms with Gasteiger partial charge in [-0.1, -0.05) is 20.8 Å². The summed E-state index contributed by atoms with van der Waals surface area (Å²) in [5.74, 6) is 0.134. The number of aromatic nitrogens is 1. The van der Waals surface area contributed by atoms with Gasteiger partial charge in [-0.2, -0.15) is 12.7 Å². The summed E-state index contributed by atoms with van der Waals surface area (Å²) in [4.78, 5) is 20.2. The van der Waals surface area contributed by atoms with Gasteiger partial charge in [0.1, 0.15) is 17.4 Å². The number of anilines is 1. The Morgan fingerprint density at radius 3 is 2.63 bits per heavy atom. The monoisotopic (exact) mass is 553 g/mol. The number of ether oxygens (including phenoxy) is 1. The van der Waals surface area contributed by atoms with Crippen molar-refractivity contribution in [2.45, 2.75) is 59.0 Å². The summed E-state index contributed by atoms with van der Waals surface area (Å²) < 4.78 is 49.4. The van der Waals surface area contributed by atoms with Crippen LogP contribution in [-0.4, -0.2) is 61.4 Å². The van der Waals surface area contributed by atoms with Crippen LogP contribution in [0.2, 0.25) is 0 Å². The van der Waals surface area contributed by atoms with Gasteiger partial charge in [0.2, 0.25) is 0 Å². The van der Waals surface area contributed by atoms with E-state index < -0.39 is 21.9 Å². The van der Waals surface area contributed by atoms with Crippen LogP contribution in [0.4, 0.5) is 10.2 Å². The zero-order valence-electron chi connectivity index (χ0n) is 22.7. The van der Waals surface area contributed by atoms with Crippen molar-refractivity contribution in [1.82, 2.24) is 14.0 Å². The Morgan fingerprint density at radius 1 is 1.29 bits per heavy atom. The van der Waals surface area contributed by atoms with E-state index >= 15 is 0 Å². The molecule has 2 saturated heterocycles. The highest BCUT2D eigenvalue weighted by Gasteiger charge is 2.40. The molecule has 3 N–H and O–H groups in total. The summed E-state index contributed by atoms with van der Waals surface area (Å²) in [6.07, 6.45) is 1.41. The first-order valence-corrected chi connectivity index (χ1v) is 14.5. The zero-order valence-corrected chi connectivity index (χ0v) is 23.5. The molecule has 0 aliphatic carbocycles. The number of pyridine rings is 1. The second-order valence-corrected chi connectivity index (χ2v) is 13.2. The summed E-state index contributed by atoms with van der Waals surface area (Å²) in [7, 11) is -4.07. The van der Waals surface area contributed by atoms with Crippen molar-refractivity contribution in [3.8, 4) is 17.0 Å². The van der Waals surface area contributed by atoms with E-state index in [4.69, 9.17) is 15.5 Å². The van der Waals surface area contributed by atoms with Crippen molar-refractivity contribution in [3.05, 3.63) is 41.7 Å². The van der Waals surface area contributed by atoms with Crippen LogP contribution in [0.5, 0.6) is 5.75 Å². The zero-order chi connectivity index (χ0) is 27.8. The van der Waals surface area contributed by atoms with Gasteiger partial charge in [0.15, 0.2) is 0 Å². The van der Waals surface area contributed by atoms with Crippen LogP contribution in [0.3, 0.4) is 0 Å². The quantitative estimate of drug-likeness (QED) is 0.501. The third-order valence-corrected chi connectivity index (χ3v) is 8.40.